The van der Waals surface area contributed by atoms with Gasteiger partial charge in [0.25, 0.3) is 0 Å². The zero-order valence-corrected chi connectivity index (χ0v) is 18.6. The fourth-order valence-electron chi connectivity index (χ4n) is 5.18. The van der Waals surface area contributed by atoms with Gasteiger partial charge in [-0.15, -0.1) is 0 Å². The molecule has 33 heavy (non-hydrogen) atoms. The van der Waals surface area contributed by atoms with Crippen LogP contribution in [0, 0.1) is 17.0 Å². The molecule has 0 unspecified atom stereocenters. The minimum atomic E-state index is -1.18. The van der Waals surface area contributed by atoms with Crippen LogP contribution in [0.25, 0.3) is 17.0 Å². The molecule has 0 saturated carbocycles. The number of nitrogens with zero attached hydrogens (tertiary/aromatic N) is 1. The van der Waals surface area contributed by atoms with Crippen LogP contribution in [0.5, 0.6) is 0 Å². The first-order valence-corrected chi connectivity index (χ1v) is 11.1. The number of carbonyl (C=O) groups is 1. The van der Waals surface area contributed by atoms with Crippen LogP contribution in [0.2, 0.25) is 0 Å². The monoisotopic (exact) mass is 452 g/mol. The van der Waals surface area contributed by atoms with Crippen LogP contribution < -0.4 is 0 Å². The Hall–Kier alpha value is -3.03. The quantitative estimate of drug-likeness (QED) is 0.540. The summed E-state index contributed by atoms with van der Waals surface area (Å²) in [5.74, 6) is -2.56. The van der Waals surface area contributed by atoms with Crippen LogP contribution >= 0.6 is 0 Å². The number of carboxylic acids is 1. The number of carboxylic acid groups (broad SMARTS) is 1. The third-order valence-electron chi connectivity index (χ3n) is 6.78. The van der Waals surface area contributed by atoms with Gasteiger partial charge in [0.15, 0.2) is 0 Å². The van der Waals surface area contributed by atoms with Gasteiger partial charge in [-0.1, -0.05) is 25.1 Å². The highest BCUT2D eigenvalue weighted by Crippen LogP contribution is 2.44. The Kier molecular flexibility index (Phi) is 5.34. The molecule has 1 saturated heterocycles. The SMILES string of the molecule is C[C@@H]1Cc2c([nH]c3ccccc23)[C@@H](c2c(F)cc(C=CC(=O)O)cc2F)N1CC1(C)COC1. The number of benzene rings is 2. The molecular weight excluding hydrogens is 426 g/mol. The molecule has 0 aliphatic carbocycles. The van der Waals surface area contributed by atoms with Gasteiger partial charge in [0, 0.05) is 46.2 Å². The average molecular weight is 453 g/mol. The summed E-state index contributed by atoms with van der Waals surface area (Å²) < 4.78 is 36.5. The van der Waals surface area contributed by atoms with Gasteiger partial charge in [0.05, 0.1) is 19.3 Å². The lowest BCUT2D eigenvalue weighted by Gasteiger charge is -2.48. The second kappa shape index (κ2) is 8.08. The molecule has 0 spiro atoms. The number of aliphatic carboxylic acids is 1. The zero-order valence-electron chi connectivity index (χ0n) is 18.6. The first-order valence-electron chi connectivity index (χ1n) is 11.1. The van der Waals surface area contributed by atoms with Crippen LogP contribution in [0.3, 0.4) is 0 Å². The predicted molar refractivity (Wildman–Crippen MR) is 122 cm³/mol. The summed E-state index contributed by atoms with van der Waals surface area (Å²) in [7, 11) is 0. The van der Waals surface area contributed by atoms with Gasteiger partial charge in [0.2, 0.25) is 0 Å². The van der Waals surface area contributed by atoms with Crippen LogP contribution in [0.15, 0.2) is 42.5 Å². The summed E-state index contributed by atoms with van der Waals surface area (Å²) >= 11 is 0. The summed E-state index contributed by atoms with van der Waals surface area (Å²) in [5, 5.41) is 9.93. The Morgan fingerprint density at radius 1 is 1.27 bits per heavy atom. The van der Waals surface area contributed by atoms with E-state index in [0.717, 1.165) is 34.7 Å². The lowest BCUT2D eigenvalue weighted by atomic mass is 9.82. The van der Waals surface area contributed by atoms with Crippen molar-refractivity contribution in [2.45, 2.75) is 32.4 Å². The van der Waals surface area contributed by atoms with Crippen molar-refractivity contribution in [3.63, 3.8) is 0 Å². The summed E-state index contributed by atoms with van der Waals surface area (Å²) in [6.07, 6.45) is 2.84. The lowest BCUT2D eigenvalue weighted by molar-refractivity contribution is -0.131. The molecule has 5 nitrogen and oxygen atoms in total. The number of fused-ring (bicyclic) bond motifs is 3. The number of nitrogens with one attached hydrogen (secondary N) is 1. The van der Waals surface area contributed by atoms with Crippen molar-refractivity contribution in [1.29, 1.82) is 0 Å². The molecule has 2 aliphatic rings. The second-order valence-electron chi connectivity index (χ2n) is 9.56. The molecule has 2 N–H and O–H groups in total. The van der Waals surface area contributed by atoms with Crippen LogP contribution in [0.1, 0.15) is 42.3 Å². The largest absolute Gasteiger partial charge is 0.478 e. The number of ether oxygens (including phenoxy) is 1. The van der Waals surface area contributed by atoms with Crippen molar-refractivity contribution < 1.29 is 23.4 Å². The highest BCUT2D eigenvalue weighted by molar-refractivity contribution is 5.86. The molecule has 2 aliphatic heterocycles. The lowest BCUT2D eigenvalue weighted by Crippen LogP contribution is -2.54. The molecule has 3 aromatic rings. The van der Waals surface area contributed by atoms with E-state index in [1.807, 2.05) is 24.3 Å². The zero-order chi connectivity index (χ0) is 23.3. The number of aromatic amines is 1. The van der Waals surface area contributed by atoms with Gasteiger partial charge in [0.1, 0.15) is 11.6 Å². The minimum Gasteiger partial charge on any atom is -0.478 e. The van der Waals surface area contributed by atoms with Gasteiger partial charge in [-0.2, -0.15) is 0 Å². The van der Waals surface area contributed by atoms with E-state index >= 15 is 8.78 Å². The van der Waals surface area contributed by atoms with Gasteiger partial charge in [-0.25, -0.2) is 13.6 Å². The van der Waals surface area contributed by atoms with Gasteiger partial charge in [-0.3, -0.25) is 4.90 Å². The normalized spacial score (nSPS) is 22.4. The van der Waals surface area contributed by atoms with E-state index in [-0.39, 0.29) is 22.6 Å². The predicted octanol–water partition coefficient (Wildman–Crippen LogP) is 4.92. The summed E-state index contributed by atoms with van der Waals surface area (Å²) in [6, 6.07) is 9.76. The molecule has 7 heteroatoms. The maximum Gasteiger partial charge on any atom is 0.328 e. The number of halogens is 2. The Balaban J connectivity index is 1.67. The summed E-state index contributed by atoms with van der Waals surface area (Å²) in [6.45, 7) is 6.11. The molecule has 2 aromatic carbocycles. The third-order valence-corrected chi connectivity index (χ3v) is 6.78. The van der Waals surface area contributed by atoms with E-state index in [0.29, 0.717) is 19.8 Å². The van der Waals surface area contributed by atoms with Crippen LogP contribution in [0.4, 0.5) is 8.78 Å². The van der Waals surface area contributed by atoms with Gasteiger partial charge < -0.3 is 14.8 Å². The molecule has 0 amide bonds. The van der Waals surface area contributed by atoms with E-state index in [1.165, 1.54) is 18.2 Å². The first-order chi connectivity index (χ1) is 15.8. The second-order valence-corrected chi connectivity index (χ2v) is 9.56. The molecule has 172 valence electrons. The maximum atomic E-state index is 15.5. The standard InChI is InChI=1S/C26H26F2N2O3/c1-15-9-18-17-5-3-4-6-21(17)29-24(18)25(30(15)12-26(2)13-33-14-26)23-19(27)10-16(11-20(23)28)7-8-22(31)32/h3-8,10-11,15,25,29H,9,12-14H2,1-2H3,(H,31,32)/t15-,25-/m1/s1. The van der Waals surface area contributed by atoms with E-state index in [1.54, 1.807) is 0 Å². The molecular formula is C26H26F2N2O3. The van der Waals surface area contributed by atoms with Crippen molar-refractivity contribution in [3.8, 4) is 0 Å². The molecule has 0 radical (unpaired) electrons. The first kappa shape index (κ1) is 21.8. The van der Waals surface area contributed by atoms with E-state index in [4.69, 9.17) is 9.84 Å². The number of hydrogen-bond donors (Lipinski definition) is 2. The highest BCUT2D eigenvalue weighted by atomic mass is 19.1. The Morgan fingerprint density at radius 2 is 1.97 bits per heavy atom. The van der Waals surface area contributed by atoms with Crippen LogP contribution in [-0.4, -0.2) is 46.8 Å². The smallest absolute Gasteiger partial charge is 0.328 e. The fraction of sp³-hybridized carbons (Fsp3) is 0.346. The minimum absolute atomic E-state index is 0.0225. The third kappa shape index (κ3) is 3.85. The van der Waals surface area contributed by atoms with Crippen molar-refractivity contribution in [1.82, 2.24) is 9.88 Å². The average Bonchev–Trinajstić information content (AvgIpc) is 3.10. The van der Waals surface area contributed by atoms with Crippen LogP contribution in [-0.2, 0) is 16.0 Å². The fourth-order valence-corrected chi connectivity index (χ4v) is 5.18. The Labute approximate surface area is 190 Å². The summed E-state index contributed by atoms with van der Waals surface area (Å²) in [4.78, 5) is 16.5. The van der Waals surface area contributed by atoms with E-state index in [2.05, 4.69) is 23.7 Å². The molecule has 1 aromatic heterocycles. The van der Waals surface area contributed by atoms with E-state index in [9.17, 15) is 4.79 Å². The maximum absolute atomic E-state index is 15.5. The molecule has 3 heterocycles. The van der Waals surface area contributed by atoms with Crippen molar-refractivity contribution in [2.24, 2.45) is 5.41 Å². The Morgan fingerprint density at radius 3 is 2.61 bits per heavy atom. The van der Waals surface area contributed by atoms with Crippen molar-refractivity contribution >= 4 is 22.9 Å². The topological polar surface area (TPSA) is 65.6 Å². The Bertz CT molecular complexity index is 1240. The van der Waals surface area contributed by atoms with Crippen molar-refractivity contribution in [2.75, 3.05) is 19.8 Å². The molecule has 2 atom stereocenters. The van der Waals surface area contributed by atoms with Gasteiger partial charge in [-0.05, 0) is 48.7 Å². The number of aromatic nitrogens is 1. The molecule has 5 rings (SSSR count). The van der Waals surface area contributed by atoms with E-state index < -0.39 is 23.6 Å². The summed E-state index contributed by atoms with van der Waals surface area (Å²) in [5.41, 5.74) is 2.91. The highest BCUT2D eigenvalue weighted by Gasteiger charge is 2.44. The number of para-hydroxylation sites is 1. The number of H-pyrrole nitrogens is 1. The molecule has 1 fully saturated rings. The number of hydrogen-bond acceptors (Lipinski definition) is 3. The number of rotatable bonds is 5. The molecule has 0 bridgehead atoms. The van der Waals surface area contributed by atoms with Crippen molar-refractivity contribution in [3.05, 3.63) is 76.5 Å². The van der Waals surface area contributed by atoms with Gasteiger partial charge >= 0.3 is 5.97 Å².